The number of phosphoric ester groups is 1. The minimum Gasteiger partial charge on any atom is -0.756 e. The van der Waals surface area contributed by atoms with Crippen LogP contribution in [0, 0.1) is 0 Å². The molecule has 29 heavy (non-hydrogen) atoms. The van der Waals surface area contributed by atoms with E-state index in [1.54, 1.807) is 0 Å². The van der Waals surface area contributed by atoms with E-state index in [2.05, 4.69) is 23.8 Å². The molecule has 5 N–H and O–H groups in total. The molecule has 0 aliphatic carbocycles. The third kappa shape index (κ3) is 7.16. The van der Waals surface area contributed by atoms with E-state index in [0.717, 1.165) is 10.9 Å². The molecule has 0 saturated heterocycles. The van der Waals surface area contributed by atoms with Crippen molar-refractivity contribution in [3.63, 3.8) is 0 Å². The number of carbonyl (C=O) groups excluding carboxylic acids is 2. The number of nitrogens with two attached hydrogens (primary N) is 1. The molecule has 2 rings (SSSR count). The number of anilines is 1. The fourth-order valence-corrected chi connectivity index (χ4v) is 3.47. The van der Waals surface area contributed by atoms with Crippen molar-refractivity contribution in [3.05, 3.63) is 16.7 Å². The van der Waals surface area contributed by atoms with Gasteiger partial charge >= 0.3 is 37.4 Å². The Hall–Kier alpha value is -1.29. The fraction of sp³-hybridized carbons (Fsp3) is 0.300. The SMILES string of the molecule is Nc1nc2c(ncn2[C@@H](C=O)O[C@H](C=O)COP(=O)(O)OP(=O)([O-])O)c(=O)[nH]1.[Na+]. The van der Waals surface area contributed by atoms with E-state index < -0.39 is 40.1 Å². The number of nitrogens with zero attached hydrogens (tertiary/aromatic N) is 3. The average molecular weight is 463 g/mol. The molecule has 154 valence electrons. The Morgan fingerprint density at radius 1 is 1.34 bits per heavy atom. The number of imidazole rings is 1. The zero-order chi connectivity index (χ0) is 21.1. The van der Waals surface area contributed by atoms with Gasteiger partial charge in [0.25, 0.3) is 13.4 Å². The van der Waals surface area contributed by atoms with Crippen LogP contribution in [0.4, 0.5) is 5.95 Å². The van der Waals surface area contributed by atoms with Gasteiger partial charge in [-0.1, -0.05) is 0 Å². The van der Waals surface area contributed by atoms with Crippen molar-refractivity contribution < 1.29 is 76.5 Å². The van der Waals surface area contributed by atoms with Gasteiger partial charge in [0.05, 0.1) is 12.9 Å². The van der Waals surface area contributed by atoms with E-state index in [9.17, 15) is 28.4 Å². The quantitative estimate of drug-likeness (QED) is 0.146. The van der Waals surface area contributed by atoms with Crippen molar-refractivity contribution in [2.24, 2.45) is 0 Å². The Morgan fingerprint density at radius 3 is 2.55 bits per heavy atom. The number of aromatic amines is 1. The fourth-order valence-electron chi connectivity index (χ4n) is 1.90. The molecule has 0 bridgehead atoms. The van der Waals surface area contributed by atoms with E-state index in [1.807, 2.05) is 0 Å². The van der Waals surface area contributed by atoms with Gasteiger partial charge in [-0.15, -0.1) is 0 Å². The van der Waals surface area contributed by atoms with Crippen molar-refractivity contribution in [1.82, 2.24) is 19.5 Å². The first-order chi connectivity index (χ1) is 13.0. The van der Waals surface area contributed by atoms with Gasteiger partial charge in [0.15, 0.2) is 30.0 Å². The van der Waals surface area contributed by atoms with Crippen LogP contribution in [0.2, 0.25) is 0 Å². The summed E-state index contributed by atoms with van der Waals surface area (Å²) < 4.78 is 35.5. The second kappa shape index (κ2) is 10.1. The molecule has 19 heteroatoms. The van der Waals surface area contributed by atoms with E-state index in [4.69, 9.17) is 20.3 Å². The zero-order valence-electron chi connectivity index (χ0n) is 14.5. The molecule has 0 amide bonds. The first-order valence-corrected chi connectivity index (χ1v) is 9.95. The molecule has 2 aromatic heterocycles. The summed E-state index contributed by atoms with van der Waals surface area (Å²) in [5.74, 6) is -0.288. The minimum absolute atomic E-state index is 0. The maximum absolute atomic E-state index is 11.7. The summed E-state index contributed by atoms with van der Waals surface area (Å²) in [6.45, 7) is -1.04. The van der Waals surface area contributed by atoms with E-state index in [0.29, 0.717) is 0 Å². The number of carbonyl (C=O) groups is 2. The number of ether oxygens (including phenoxy) is 1. The molecular weight excluding hydrogens is 451 g/mol. The van der Waals surface area contributed by atoms with Crippen LogP contribution in [0.5, 0.6) is 0 Å². The topological polar surface area (TPSA) is 249 Å². The maximum Gasteiger partial charge on any atom is 1.00 e. The third-order valence-electron chi connectivity index (χ3n) is 2.92. The van der Waals surface area contributed by atoms with Gasteiger partial charge in [0.1, 0.15) is 6.10 Å². The van der Waals surface area contributed by atoms with Gasteiger partial charge in [-0.05, 0) is 0 Å². The van der Waals surface area contributed by atoms with Crippen LogP contribution in [-0.2, 0) is 32.3 Å². The third-order valence-corrected chi connectivity index (χ3v) is 5.04. The molecule has 16 nitrogen and oxygen atoms in total. The average Bonchev–Trinajstić information content (AvgIpc) is 2.97. The normalized spacial score (nSPS) is 17.5. The Labute approximate surface area is 182 Å². The maximum atomic E-state index is 11.7. The summed E-state index contributed by atoms with van der Waals surface area (Å²) in [5, 5.41) is 0. The Balaban J connectivity index is 0.00000420. The van der Waals surface area contributed by atoms with Gasteiger partial charge in [-0.2, -0.15) is 4.98 Å². The molecule has 4 atom stereocenters. The number of hydrogen-bond donors (Lipinski definition) is 4. The van der Waals surface area contributed by atoms with Crippen molar-refractivity contribution >= 4 is 45.3 Å². The minimum atomic E-state index is -5.60. The van der Waals surface area contributed by atoms with Gasteiger partial charge in [0.2, 0.25) is 5.95 Å². The Bertz CT molecular complexity index is 1030. The molecule has 0 radical (unpaired) electrons. The number of phosphoric acid groups is 2. The smallest absolute Gasteiger partial charge is 0.756 e. The number of nitrogens with one attached hydrogen (secondary N) is 1. The molecule has 0 spiro atoms. The number of rotatable bonds is 10. The predicted molar refractivity (Wildman–Crippen MR) is 85.3 cm³/mol. The molecule has 2 aromatic rings. The van der Waals surface area contributed by atoms with Crippen LogP contribution in [0.3, 0.4) is 0 Å². The van der Waals surface area contributed by atoms with E-state index >= 15 is 0 Å². The van der Waals surface area contributed by atoms with Crippen molar-refractivity contribution in [2.75, 3.05) is 12.3 Å². The largest absolute Gasteiger partial charge is 1.00 e. The zero-order valence-corrected chi connectivity index (χ0v) is 18.3. The second-order valence-corrected chi connectivity index (χ2v) is 7.71. The van der Waals surface area contributed by atoms with Gasteiger partial charge in [0, 0.05) is 0 Å². The van der Waals surface area contributed by atoms with Crippen molar-refractivity contribution in [1.29, 1.82) is 0 Å². The molecule has 2 heterocycles. The molecule has 2 unspecified atom stereocenters. The summed E-state index contributed by atoms with van der Waals surface area (Å²) in [7, 11) is -10.9. The monoisotopic (exact) mass is 463 g/mol. The van der Waals surface area contributed by atoms with Crippen molar-refractivity contribution in [3.8, 4) is 0 Å². The molecule has 0 fully saturated rings. The first kappa shape index (κ1) is 25.7. The number of aldehydes is 2. The molecule has 0 saturated carbocycles. The van der Waals surface area contributed by atoms with Crippen LogP contribution < -0.4 is 45.7 Å². The number of fused-ring (bicyclic) bond motifs is 1. The Morgan fingerprint density at radius 2 is 2.00 bits per heavy atom. The van der Waals surface area contributed by atoms with Crippen LogP contribution >= 0.6 is 15.6 Å². The summed E-state index contributed by atoms with van der Waals surface area (Å²) in [6.07, 6.45) is -2.03. The van der Waals surface area contributed by atoms with Crippen LogP contribution in [0.15, 0.2) is 11.1 Å². The summed E-state index contributed by atoms with van der Waals surface area (Å²) >= 11 is 0. The summed E-state index contributed by atoms with van der Waals surface area (Å²) in [4.78, 5) is 71.9. The number of nitrogen functional groups attached to an aromatic ring is 1. The van der Waals surface area contributed by atoms with E-state index in [1.165, 1.54) is 0 Å². The summed E-state index contributed by atoms with van der Waals surface area (Å²) in [5.41, 5.74) is 4.36. The standard InChI is InChI=1S/C10H13N5O11P2.Na/c11-10-13-8-7(9(18)14-10)12-4-15(8)6(2-17)25-5(1-16)3-24-28(22,23)26-27(19,20)21;/h1-2,4-6H,3H2,(H,22,23)(H2,19,20,21)(H3,11,13,14,18);/q;+1/p-1/t5-,6-;/m1./s1. The van der Waals surface area contributed by atoms with Gasteiger partial charge in [-0.3, -0.25) is 28.2 Å². The van der Waals surface area contributed by atoms with Crippen LogP contribution in [0.1, 0.15) is 6.23 Å². The molecular formula is C10H12N5NaO11P2. The van der Waals surface area contributed by atoms with Crippen LogP contribution in [-0.4, -0.2) is 54.6 Å². The molecule has 0 aromatic carbocycles. The van der Waals surface area contributed by atoms with Crippen molar-refractivity contribution in [2.45, 2.75) is 12.3 Å². The van der Waals surface area contributed by atoms with Gasteiger partial charge < -0.3 is 29.9 Å². The van der Waals surface area contributed by atoms with Gasteiger partial charge in [-0.25, -0.2) is 13.9 Å². The predicted octanol–water partition coefficient (Wildman–Crippen LogP) is -5.42. The number of hydrogen-bond acceptors (Lipinski definition) is 12. The second-order valence-electron chi connectivity index (χ2n) is 4.93. The Kier molecular flexibility index (Phi) is 9.01. The number of aromatic nitrogens is 4. The first-order valence-electron chi connectivity index (χ1n) is 6.96. The summed E-state index contributed by atoms with van der Waals surface area (Å²) in [6, 6.07) is 0. The number of H-pyrrole nitrogens is 1. The molecule has 0 aliphatic heterocycles. The molecule has 0 aliphatic rings. The van der Waals surface area contributed by atoms with Crippen LogP contribution in [0.25, 0.3) is 11.2 Å². The van der Waals surface area contributed by atoms with E-state index in [-0.39, 0.29) is 59.2 Å².